The first-order valence-corrected chi connectivity index (χ1v) is 8.03. The van der Waals surface area contributed by atoms with Gasteiger partial charge in [-0.3, -0.25) is 4.79 Å². The lowest BCUT2D eigenvalue weighted by Crippen LogP contribution is -2.34. The van der Waals surface area contributed by atoms with Crippen molar-refractivity contribution in [1.82, 2.24) is 4.72 Å². The summed E-state index contributed by atoms with van der Waals surface area (Å²) in [5, 5.41) is 0. The van der Waals surface area contributed by atoms with Crippen LogP contribution in [0.1, 0.15) is 0 Å². The molecule has 5 nitrogen and oxygen atoms in total. The lowest BCUT2D eigenvalue weighted by atomic mass is 10.4. The largest absolute Gasteiger partial charge is 0.468 e. The number of ether oxygens (including phenoxy) is 1. The lowest BCUT2D eigenvalue weighted by Gasteiger charge is -2.10. The van der Waals surface area contributed by atoms with E-state index in [0.717, 1.165) is 0 Å². The molecule has 1 unspecified atom stereocenters. The first-order chi connectivity index (χ1) is 8.38. The van der Waals surface area contributed by atoms with Crippen molar-refractivity contribution in [3.8, 4) is 0 Å². The predicted octanol–water partition coefficient (Wildman–Crippen LogP) is 1.66. The lowest BCUT2D eigenvalue weighted by molar-refractivity contribution is -0.139. The quantitative estimate of drug-likeness (QED) is 0.602. The van der Waals surface area contributed by atoms with Crippen LogP contribution in [0.5, 0.6) is 0 Å². The Hall–Kier alpha value is -0.440. The van der Waals surface area contributed by atoms with E-state index in [2.05, 4.69) is 41.3 Å². The number of halogens is 2. The summed E-state index contributed by atoms with van der Waals surface area (Å²) in [6.45, 7) is -0.0870. The number of esters is 1. The molecule has 0 radical (unpaired) electrons. The van der Waals surface area contributed by atoms with Gasteiger partial charge in [-0.05, 0) is 28.1 Å². The van der Waals surface area contributed by atoms with E-state index in [1.54, 1.807) is 18.2 Å². The number of rotatable bonds is 5. The van der Waals surface area contributed by atoms with Gasteiger partial charge < -0.3 is 4.74 Å². The number of carbonyl (C=O) groups is 1. The molecule has 18 heavy (non-hydrogen) atoms. The Bertz CT molecular complexity index is 532. The molecule has 1 aromatic rings. The van der Waals surface area contributed by atoms with Gasteiger partial charge in [0.15, 0.2) is 0 Å². The standard InChI is InChI=1S/C10H11Br2NO4S/c1-17-10(14)8(12)6-13-18(15,16)9-5-3-2-4-7(9)11/h2-5,8,13H,6H2,1H3. The number of nitrogens with one attached hydrogen (secondary N) is 1. The highest BCUT2D eigenvalue weighted by molar-refractivity contribution is 9.10. The molecule has 0 aliphatic heterocycles. The Labute approximate surface area is 122 Å². The summed E-state index contributed by atoms with van der Waals surface area (Å²) >= 11 is 6.19. The molecule has 0 fully saturated rings. The van der Waals surface area contributed by atoms with Crippen LogP contribution in [0, 0.1) is 0 Å². The van der Waals surface area contributed by atoms with E-state index in [1.807, 2.05) is 0 Å². The molecule has 0 saturated carbocycles. The zero-order valence-corrected chi connectivity index (χ0v) is 13.4. The number of benzene rings is 1. The molecule has 0 heterocycles. The fraction of sp³-hybridized carbons (Fsp3) is 0.300. The SMILES string of the molecule is COC(=O)C(Br)CNS(=O)(=O)c1ccccc1Br. The van der Waals surface area contributed by atoms with Crippen molar-refractivity contribution in [3.05, 3.63) is 28.7 Å². The average Bonchev–Trinajstić information content (AvgIpc) is 2.35. The van der Waals surface area contributed by atoms with Crippen molar-refractivity contribution >= 4 is 47.9 Å². The van der Waals surface area contributed by atoms with E-state index in [0.29, 0.717) is 4.47 Å². The summed E-state index contributed by atoms with van der Waals surface area (Å²) < 4.78 is 31.2. The first-order valence-electron chi connectivity index (χ1n) is 4.84. The van der Waals surface area contributed by atoms with Crippen molar-refractivity contribution in [2.24, 2.45) is 0 Å². The van der Waals surface area contributed by atoms with E-state index in [1.165, 1.54) is 13.2 Å². The van der Waals surface area contributed by atoms with Gasteiger partial charge in [-0.25, -0.2) is 13.1 Å². The average molecular weight is 401 g/mol. The van der Waals surface area contributed by atoms with Crippen LogP contribution in [0.3, 0.4) is 0 Å². The third-order valence-electron chi connectivity index (χ3n) is 2.04. The van der Waals surface area contributed by atoms with Gasteiger partial charge in [-0.15, -0.1) is 0 Å². The van der Waals surface area contributed by atoms with Crippen molar-refractivity contribution in [3.63, 3.8) is 0 Å². The minimum Gasteiger partial charge on any atom is -0.468 e. The summed E-state index contributed by atoms with van der Waals surface area (Å²) in [4.78, 5) is 10.5. The van der Waals surface area contributed by atoms with E-state index >= 15 is 0 Å². The summed E-state index contributed by atoms with van der Waals surface area (Å²) in [5.41, 5.74) is 0. The van der Waals surface area contributed by atoms with E-state index in [-0.39, 0.29) is 11.4 Å². The Morgan fingerprint density at radius 3 is 2.61 bits per heavy atom. The molecule has 1 atom stereocenters. The third kappa shape index (κ3) is 4.04. The second kappa shape index (κ2) is 6.65. The molecule has 0 bridgehead atoms. The van der Waals surface area contributed by atoms with Crippen molar-refractivity contribution in [2.45, 2.75) is 9.72 Å². The molecule has 0 aromatic heterocycles. The van der Waals surface area contributed by atoms with Gasteiger partial charge in [0, 0.05) is 11.0 Å². The summed E-state index contributed by atoms with van der Waals surface area (Å²) in [5.74, 6) is -0.537. The van der Waals surface area contributed by atoms with Gasteiger partial charge in [0.25, 0.3) is 0 Å². The molecule has 0 amide bonds. The van der Waals surface area contributed by atoms with Gasteiger partial charge >= 0.3 is 5.97 Å². The molecular weight excluding hydrogens is 390 g/mol. The fourth-order valence-corrected chi connectivity index (χ4v) is 3.75. The Morgan fingerprint density at radius 1 is 1.44 bits per heavy atom. The van der Waals surface area contributed by atoms with Crippen LogP contribution in [0.4, 0.5) is 0 Å². The van der Waals surface area contributed by atoms with Crippen molar-refractivity contribution in [1.29, 1.82) is 0 Å². The Morgan fingerprint density at radius 2 is 2.06 bits per heavy atom. The highest BCUT2D eigenvalue weighted by Gasteiger charge is 2.21. The van der Waals surface area contributed by atoms with Gasteiger partial charge in [0.2, 0.25) is 10.0 Å². The summed E-state index contributed by atoms with van der Waals surface area (Å²) in [6.07, 6.45) is 0. The van der Waals surface area contributed by atoms with Crippen molar-refractivity contribution in [2.75, 3.05) is 13.7 Å². The molecule has 1 aromatic carbocycles. The monoisotopic (exact) mass is 399 g/mol. The van der Waals surface area contributed by atoms with Gasteiger partial charge in [-0.2, -0.15) is 0 Å². The van der Waals surface area contributed by atoms with Crippen LogP contribution >= 0.6 is 31.9 Å². The third-order valence-corrected chi connectivity index (χ3v) is 5.17. The van der Waals surface area contributed by atoms with Crippen molar-refractivity contribution < 1.29 is 17.9 Å². The molecule has 8 heteroatoms. The Balaban J connectivity index is 2.78. The minimum absolute atomic E-state index is 0.0870. The van der Waals surface area contributed by atoms with Gasteiger partial charge in [0.1, 0.15) is 4.83 Å². The summed E-state index contributed by atoms with van der Waals surface area (Å²) in [6, 6.07) is 6.42. The van der Waals surface area contributed by atoms with Crippen LogP contribution in [0.2, 0.25) is 0 Å². The maximum absolute atomic E-state index is 12.0. The molecule has 1 N–H and O–H groups in total. The van der Waals surface area contributed by atoms with Crippen LogP contribution in [-0.2, 0) is 19.6 Å². The Kier molecular flexibility index (Phi) is 5.77. The predicted molar refractivity (Wildman–Crippen MR) is 74.1 cm³/mol. The highest BCUT2D eigenvalue weighted by atomic mass is 79.9. The van der Waals surface area contributed by atoms with Gasteiger partial charge in [0.05, 0.1) is 12.0 Å². The number of hydrogen-bond donors (Lipinski definition) is 1. The molecule has 1 rings (SSSR count). The molecule has 0 spiro atoms. The topological polar surface area (TPSA) is 72.5 Å². The molecular formula is C10H11Br2NO4S. The number of carbonyl (C=O) groups excluding carboxylic acids is 1. The van der Waals surface area contributed by atoms with Gasteiger partial charge in [-0.1, -0.05) is 28.1 Å². The number of hydrogen-bond acceptors (Lipinski definition) is 4. The van der Waals surface area contributed by atoms with E-state index < -0.39 is 20.8 Å². The zero-order valence-electron chi connectivity index (χ0n) is 9.39. The fourth-order valence-electron chi connectivity index (χ4n) is 1.13. The number of methoxy groups -OCH3 is 1. The maximum Gasteiger partial charge on any atom is 0.320 e. The number of alkyl halides is 1. The van der Waals surface area contributed by atoms with Crippen LogP contribution in [0.25, 0.3) is 0 Å². The van der Waals surface area contributed by atoms with Crippen LogP contribution in [-0.4, -0.2) is 32.9 Å². The van der Waals surface area contributed by atoms with E-state index in [9.17, 15) is 13.2 Å². The smallest absolute Gasteiger partial charge is 0.320 e. The highest BCUT2D eigenvalue weighted by Crippen LogP contribution is 2.20. The first kappa shape index (κ1) is 15.6. The van der Waals surface area contributed by atoms with Crippen LogP contribution in [0.15, 0.2) is 33.6 Å². The number of sulfonamides is 1. The molecule has 100 valence electrons. The van der Waals surface area contributed by atoms with E-state index in [4.69, 9.17) is 0 Å². The molecule has 0 saturated heterocycles. The molecule has 0 aliphatic rings. The minimum atomic E-state index is -3.66. The second-order valence-corrected chi connectivity index (χ2v) is 6.97. The second-order valence-electron chi connectivity index (χ2n) is 3.27. The normalized spacial score (nSPS) is 13.1. The molecule has 0 aliphatic carbocycles. The van der Waals surface area contributed by atoms with Crippen LogP contribution < -0.4 is 4.72 Å². The summed E-state index contributed by atoms with van der Waals surface area (Å²) in [7, 11) is -2.43. The maximum atomic E-state index is 12.0. The zero-order chi connectivity index (χ0) is 13.8.